The van der Waals surface area contributed by atoms with E-state index in [0.717, 1.165) is 0 Å². The molecule has 0 atom stereocenters. The fourth-order valence-electron chi connectivity index (χ4n) is 1.87. The second-order valence-corrected chi connectivity index (χ2v) is 6.29. The number of carboxylic acid groups (broad SMARTS) is 1. The first-order chi connectivity index (χ1) is 10.8. The third-order valence-corrected chi connectivity index (χ3v) is 4.33. The van der Waals surface area contributed by atoms with Crippen LogP contribution < -0.4 is 4.74 Å². The molecule has 1 aliphatic rings. The molecule has 9 heteroatoms. The van der Waals surface area contributed by atoms with Crippen LogP contribution in [0.4, 0.5) is 4.79 Å². The van der Waals surface area contributed by atoms with E-state index in [1.165, 1.54) is 12.1 Å². The van der Waals surface area contributed by atoms with Gasteiger partial charge in [0.2, 0.25) is 0 Å². The normalized spacial score (nSPS) is 16.3. The molecule has 0 radical (unpaired) electrons. The van der Waals surface area contributed by atoms with E-state index in [1.54, 1.807) is 13.0 Å². The van der Waals surface area contributed by atoms with Gasteiger partial charge in [0.05, 0.1) is 16.0 Å². The van der Waals surface area contributed by atoms with Crippen molar-refractivity contribution in [3.05, 3.63) is 27.1 Å². The van der Waals surface area contributed by atoms with Crippen molar-refractivity contribution in [3.8, 4) is 11.5 Å². The molecule has 0 unspecified atom stereocenters. The predicted molar refractivity (Wildman–Crippen MR) is 87.3 cm³/mol. The highest BCUT2D eigenvalue weighted by Gasteiger charge is 2.36. The van der Waals surface area contributed by atoms with E-state index in [-0.39, 0.29) is 16.4 Å². The van der Waals surface area contributed by atoms with Gasteiger partial charge >= 0.3 is 5.97 Å². The zero-order valence-corrected chi connectivity index (χ0v) is 14.3. The highest BCUT2D eigenvalue weighted by atomic mass is 79.9. The van der Waals surface area contributed by atoms with E-state index in [9.17, 15) is 19.5 Å². The summed E-state index contributed by atoms with van der Waals surface area (Å²) in [5.41, 5.74) is 0.527. The number of thioether (sulfide) groups is 1. The maximum absolute atomic E-state index is 12.1. The van der Waals surface area contributed by atoms with E-state index in [4.69, 9.17) is 9.84 Å². The van der Waals surface area contributed by atoms with Crippen molar-refractivity contribution < 1.29 is 29.3 Å². The fourth-order valence-corrected chi connectivity index (χ4v) is 3.16. The van der Waals surface area contributed by atoms with E-state index in [0.29, 0.717) is 33.3 Å². The van der Waals surface area contributed by atoms with Gasteiger partial charge in [-0.25, -0.2) is 0 Å². The maximum atomic E-state index is 12.1. The average Bonchev–Trinajstić information content (AvgIpc) is 2.72. The zero-order valence-electron chi connectivity index (χ0n) is 11.9. The van der Waals surface area contributed by atoms with Crippen LogP contribution >= 0.6 is 27.7 Å². The summed E-state index contributed by atoms with van der Waals surface area (Å²) < 4.78 is 5.66. The molecule has 1 fully saturated rings. The van der Waals surface area contributed by atoms with Crippen molar-refractivity contribution in [2.45, 2.75) is 6.92 Å². The molecule has 2 N–H and O–H groups in total. The predicted octanol–water partition coefficient (Wildman–Crippen LogP) is 2.67. The van der Waals surface area contributed by atoms with Crippen LogP contribution in [0.2, 0.25) is 0 Å². The second kappa shape index (κ2) is 7.05. The maximum Gasteiger partial charge on any atom is 0.323 e. The summed E-state index contributed by atoms with van der Waals surface area (Å²) >= 11 is 3.85. The number of carbonyl (C=O) groups is 3. The van der Waals surface area contributed by atoms with E-state index < -0.39 is 23.7 Å². The van der Waals surface area contributed by atoms with Crippen LogP contribution in [0, 0.1) is 0 Å². The number of carbonyl (C=O) groups excluding carboxylic acids is 2. The molecule has 2 rings (SSSR count). The number of hydrogen-bond acceptors (Lipinski definition) is 6. The van der Waals surface area contributed by atoms with Gasteiger partial charge in [-0.3, -0.25) is 19.3 Å². The quantitative estimate of drug-likeness (QED) is 0.730. The number of rotatable bonds is 5. The van der Waals surface area contributed by atoms with Crippen molar-refractivity contribution in [1.29, 1.82) is 0 Å². The highest BCUT2D eigenvalue weighted by Crippen LogP contribution is 2.38. The van der Waals surface area contributed by atoms with Gasteiger partial charge in [-0.1, -0.05) is 0 Å². The van der Waals surface area contributed by atoms with Crippen LogP contribution in [-0.2, 0) is 9.59 Å². The van der Waals surface area contributed by atoms with Gasteiger partial charge in [0, 0.05) is 0 Å². The molecule has 1 aromatic carbocycles. The molecule has 0 spiro atoms. The molecule has 0 aromatic heterocycles. The molecule has 1 aromatic rings. The lowest BCUT2D eigenvalue weighted by atomic mass is 10.2. The smallest absolute Gasteiger partial charge is 0.323 e. The number of halogens is 1. The molecular weight excluding hydrogens is 390 g/mol. The Morgan fingerprint density at radius 3 is 2.74 bits per heavy atom. The van der Waals surface area contributed by atoms with Crippen LogP contribution in [0.1, 0.15) is 12.5 Å². The molecule has 0 saturated carbocycles. The van der Waals surface area contributed by atoms with E-state index in [1.807, 2.05) is 0 Å². The minimum atomic E-state index is -1.26. The van der Waals surface area contributed by atoms with Crippen LogP contribution in [0.25, 0.3) is 6.08 Å². The first kappa shape index (κ1) is 17.4. The summed E-state index contributed by atoms with van der Waals surface area (Å²) in [6.07, 6.45) is 1.44. The van der Waals surface area contributed by atoms with Gasteiger partial charge in [0.25, 0.3) is 11.1 Å². The molecule has 1 heterocycles. The summed E-state index contributed by atoms with van der Waals surface area (Å²) in [4.78, 5) is 35.2. The number of phenolic OH excluding ortho intramolecular Hbond substituents is 1. The lowest BCUT2D eigenvalue weighted by Crippen LogP contribution is -2.33. The van der Waals surface area contributed by atoms with Crippen molar-refractivity contribution in [1.82, 2.24) is 4.90 Å². The standard InChI is InChI=1S/C14H12BrNO6S/c1-2-22-9-4-7(3-8(15)12(9)19)5-10-13(20)16(6-11(17)18)14(21)23-10/h3-5,19H,2,6H2,1H3,(H,17,18)/b10-5+. The Morgan fingerprint density at radius 1 is 1.43 bits per heavy atom. The Kier molecular flexibility index (Phi) is 5.32. The first-order valence-electron chi connectivity index (χ1n) is 6.46. The largest absolute Gasteiger partial charge is 0.503 e. The molecular formula is C14H12BrNO6S. The molecule has 0 bridgehead atoms. The number of amides is 2. The van der Waals surface area contributed by atoms with Crippen molar-refractivity contribution in [2.24, 2.45) is 0 Å². The number of aromatic hydroxyl groups is 1. The molecule has 7 nitrogen and oxygen atoms in total. The number of nitrogens with zero attached hydrogens (tertiary/aromatic N) is 1. The molecule has 1 saturated heterocycles. The van der Waals surface area contributed by atoms with Crippen molar-refractivity contribution in [2.75, 3.05) is 13.2 Å². The minimum Gasteiger partial charge on any atom is -0.503 e. The fraction of sp³-hybridized carbons (Fsp3) is 0.214. The molecule has 2 amide bonds. The lowest BCUT2D eigenvalue weighted by Gasteiger charge is -2.09. The number of imide groups is 1. The van der Waals surface area contributed by atoms with Crippen LogP contribution in [-0.4, -0.2) is 45.4 Å². The SMILES string of the molecule is CCOc1cc(/C=C2/SC(=O)N(CC(=O)O)C2=O)cc(Br)c1O. The third-order valence-electron chi connectivity index (χ3n) is 2.82. The van der Waals surface area contributed by atoms with Gasteiger partial charge < -0.3 is 14.9 Å². The van der Waals surface area contributed by atoms with Gasteiger partial charge in [-0.15, -0.1) is 0 Å². The number of phenols is 1. The molecule has 0 aliphatic carbocycles. The van der Waals surface area contributed by atoms with Gasteiger partial charge in [0.1, 0.15) is 6.54 Å². The van der Waals surface area contributed by atoms with Crippen LogP contribution in [0.5, 0.6) is 11.5 Å². The minimum absolute atomic E-state index is 0.0667. The van der Waals surface area contributed by atoms with Crippen LogP contribution in [0.15, 0.2) is 21.5 Å². The Morgan fingerprint density at radius 2 is 2.13 bits per heavy atom. The Balaban J connectivity index is 2.34. The molecule has 23 heavy (non-hydrogen) atoms. The summed E-state index contributed by atoms with van der Waals surface area (Å²) in [6, 6.07) is 3.08. The first-order valence-corrected chi connectivity index (χ1v) is 8.07. The van der Waals surface area contributed by atoms with E-state index in [2.05, 4.69) is 15.9 Å². The topological polar surface area (TPSA) is 104 Å². The Labute approximate surface area is 144 Å². The van der Waals surface area contributed by atoms with Gasteiger partial charge in [-0.05, 0) is 58.4 Å². The van der Waals surface area contributed by atoms with E-state index >= 15 is 0 Å². The lowest BCUT2D eigenvalue weighted by molar-refractivity contribution is -0.140. The highest BCUT2D eigenvalue weighted by molar-refractivity contribution is 9.10. The number of hydrogen-bond donors (Lipinski definition) is 2. The van der Waals surface area contributed by atoms with Crippen molar-refractivity contribution in [3.63, 3.8) is 0 Å². The Hall–Kier alpha value is -2.00. The number of ether oxygens (including phenoxy) is 1. The average molecular weight is 402 g/mol. The molecule has 1 aliphatic heterocycles. The number of aliphatic carboxylic acids is 1. The monoisotopic (exact) mass is 401 g/mol. The van der Waals surface area contributed by atoms with Crippen LogP contribution in [0.3, 0.4) is 0 Å². The Bertz CT molecular complexity index is 717. The molecule has 122 valence electrons. The van der Waals surface area contributed by atoms with Gasteiger partial charge in [-0.2, -0.15) is 0 Å². The summed E-state index contributed by atoms with van der Waals surface area (Å²) in [5, 5.41) is 17.9. The second-order valence-electron chi connectivity index (χ2n) is 4.44. The number of carboxylic acids is 1. The van der Waals surface area contributed by atoms with Gasteiger partial charge in [0.15, 0.2) is 11.5 Å². The summed E-state index contributed by atoms with van der Waals surface area (Å²) in [6.45, 7) is 1.43. The zero-order chi connectivity index (χ0) is 17.1. The summed E-state index contributed by atoms with van der Waals surface area (Å²) in [7, 11) is 0. The third kappa shape index (κ3) is 3.85. The van der Waals surface area contributed by atoms with Crippen molar-refractivity contribution >= 4 is 50.9 Å². The number of benzene rings is 1. The summed E-state index contributed by atoms with van der Waals surface area (Å²) in [5.74, 6) is -1.76.